The first kappa shape index (κ1) is 24.7. The van der Waals surface area contributed by atoms with Crippen LogP contribution in [0.2, 0.25) is 15.1 Å². The normalized spacial score (nSPS) is 19.9. The van der Waals surface area contributed by atoms with Crippen LogP contribution in [-0.2, 0) is 11.2 Å². The van der Waals surface area contributed by atoms with Gasteiger partial charge >= 0.3 is 0 Å². The van der Waals surface area contributed by atoms with Crippen molar-refractivity contribution in [3.8, 4) is 0 Å². The Morgan fingerprint density at radius 2 is 1.69 bits per heavy atom. The molecule has 1 aliphatic carbocycles. The minimum atomic E-state index is -1.34. The predicted molar refractivity (Wildman–Crippen MR) is 139 cm³/mol. The number of carbonyl (C=O) groups excluding carboxylic acids is 2. The molecule has 2 amide bonds. The van der Waals surface area contributed by atoms with Crippen molar-refractivity contribution in [3.05, 3.63) is 92.2 Å². The lowest BCUT2D eigenvalue weighted by Crippen LogP contribution is -2.29. The summed E-state index contributed by atoms with van der Waals surface area (Å²) in [6.45, 7) is 0.400. The van der Waals surface area contributed by atoms with E-state index in [1.807, 2.05) is 0 Å². The van der Waals surface area contributed by atoms with Gasteiger partial charge in [0, 0.05) is 33.9 Å². The molecule has 4 nitrogen and oxygen atoms in total. The number of alkyl halides is 2. The molecule has 0 saturated heterocycles. The van der Waals surface area contributed by atoms with Gasteiger partial charge < -0.3 is 10.2 Å². The van der Waals surface area contributed by atoms with Crippen LogP contribution in [0.4, 0.5) is 15.8 Å². The molecular formula is C25H16Cl5FN2O2. The molecule has 1 aliphatic heterocycles. The molecule has 1 N–H and O–H groups in total. The third kappa shape index (κ3) is 4.61. The van der Waals surface area contributed by atoms with Crippen molar-refractivity contribution in [2.75, 3.05) is 16.8 Å². The maximum absolute atomic E-state index is 13.6. The van der Waals surface area contributed by atoms with Crippen LogP contribution in [0.25, 0.3) is 0 Å². The number of hydrogen-bond acceptors (Lipinski definition) is 2. The molecule has 3 aromatic rings. The highest BCUT2D eigenvalue weighted by atomic mass is 35.5. The fraction of sp³-hybridized carbons (Fsp3) is 0.200. The third-order valence-electron chi connectivity index (χ3n) is 6.23. The monoisotopic (exact) mass is 570 g/mol. The van der Waals surface area contributed by atoms with E-state index in [0.717, 1.165) is 5.56 Å². The van der Waals surface area contributed by atoms with Crippen molar-refractivity contribution in [2.24, 2.45) is 5.92 Å². The van der Waals surface area contributed by atoms with E-state index in [0.29, 0.717) is 39.9 Å². The van der Waals surface area contributed by atoms with E-state index in [9.17, 15) is 14.0 Å². The summed E-state index contributed by atoms with van der Waals surface area (Å²) in [5, 5.41) is 3.83. The maximum atomic E-state index is 13.6. The fourth-order valence-corrected chi connectivity index (χ4v) is 6.11. The average Bonchev–Trinajstić information content (AvgIpc) is 3.14. The van der Waals surface area contributed by atoms with Gasteiger partial charge in [0.15, 0.2) is 0 Å². The van der Waals surface area contributed by atoms with Gasteiger partial charge in [0.1, 0.15) is 10.2 Å². The molecule has 2 unspecified atom stereocenters. The number of anilines is 2. The lowest BCUT2D eigenvalue weighted by atomic mass is 10.1. The Balaban J connectivity index is 1.36. The molecule has 3 aromatic carbocycles. The summed E-state index contributed by atoms with van der Waals surface area (Å²) in [5.41, 5.74) is 2.61. The number of fused-ring (bicyclic) bond motifs is 1. The Morgan fingerprint density at radius 3 is 2.40 bits per heavy atom. The molecule has 180 valence electrons. The molecule has 35 heavy (non-hydrogen) atoms. The first-order chi connectivity index (χ1) is 16.6. The number of nitrogens with zero attached hydrogens (tertiary/aromatic N) is 1. The van der Waals surface area contributed by atoms with Gasteiger partial charge in [-0.3, -0.25) is 9.59 Å². The van der Waals surface area contributed by atoms with Gasteiger partial charge in [0.2, 0.25) is 5.91 Å². The molecule has 1 saturated carbocycles. The highest BCUT2D eigenvalue weighted by molar-refractivity contribution is 6.53. The second kappa shape index (κ2) is 9.13. The average molecular weight is 573 g/mol. The highest BCUT2D eigenvalue weighted by Crippen LogP contribution is 2.65. The zero-order valence-electron chi connectivity index (χ0n) is 17.8. The fourth-order valence-electron chi connectivity index (χ4n) is 4.54. The van der Waals surface area contributed by atoms with E-state index in [-0.39, 0.29) is 22.3 Å². The second-order valence-corrected chi connectivity index (χ2v) is 11.2. The molecule has 1 fully saturated rings. The number of amides is 2. The SMILES string of the molecule is O=C(Nc1ccc(Cl)c(C(=O)N2CCc3cc(F)ccc32)c1)C1C(c2cc(Cl)cc(Cl)c2)C1(Cl)Cl. The van der Waals surface area contributed by atoms with Gasteiger partial charge in [-0.1, -0.05) is 34.8 Å². The first-order valence-corrected chi connectivity index (χ1v) is 12.5. The topological polar surface area (TPSA) is 49.4 Å². The van der Waals surface area contributed by atoms with Crippen LogP contribution in [0.15, 0.2) is 54.6 Å². The lowest BCUT2D eigenvalue weighted by molar-refractivity contribution is -0.117. The Bertz CT molecular complexity index is 1360. The number of hydrogen-bond donors (Lipinski definition) is 1. The van der Waals surface area contributed by atoms with Crippen molar-refractivity contribution in [2.45, 2.75) is 16.7 Å². The summed E-state index contributed by atoms with van der Waals surface area (Å²) in [5.74, 6) is -2.38. The lowest BCUT2D eigenvalue weighted by Gasteiger charge is -2.19. The third-order valence-corrected chi connectivity index (χ3v) is 7.93. The number of rotatable bonds is 4. The largest absolute Gasteiger partial charge is 0.326 e. The number of halogens is 6. The Kier molecular flexibility index (Phi) is 6.43. The van der Waals surface area contributed by atoms with E-state index < -0.39 is 22.1 Å². The zero-order valence-corrected chi connectivity index (χ0v) is 21.6. The smallest absolute Gasteiger partial charge is 0.259 e. The molecule has 0 aromatic heterocycles. The molecule has 0 spiro atoms. The van der Waals surface area contributed by atoms with Crippen LogP contribution in [-0.4, -0.2) is 22.7 Å². The van der Waals surface area contributed by atoms with Crippen molar-refractivity contribution < 1.29 is 14.0 Å². The van der Waals surface area contributed by atoms with Gasteiger partial charge in [-0.2, -0.15) is 0 Å². The summed E-state index contributed by atoms with van der Waals surface area (Å²) < 4.78 is 12.2. The summed E-state index contributed by atoms with van der Waals surface area (Å²) in [6.07, 6.45) is 0.539. The van der Waals surface area contributed by atoms with E-state index in [1.165, 1.54) is 24.3 Å². The standard InChI is InChI=1S/C25H16Cl5FN2O2/c26-14-7-13(8-15(27)10-14)21-22(25(21,29)30)23(34)32-17-2-3-19(28)18(11-17)24(35)33-6-5-12-9-16(31)1-4-20(12)33/h1-4,7-11,21-22H,5-6H2,(H,32,34). The van der Waals surface area contributed by atoms with Gasteiger partial charge in [0.25, 0.3) is 5.91 Å². The van der Waals surface area contributed by atoms with E-state index in [4.69, 9.17) is 58.0 Å². The highest BCUT2D eigenvalue weighted by Gasteiger charge is 2.67. The van der Waals surface area contributed by atoms with Crippen LogP contribution in [0, 0.1) is 11.7 Å². The Morgan fingerprint density at radius 1 is 0.971 bits per heavy atom. The molecule has 0 radical (unpaired) electrons. The van der Waals surface area contributed by atoms with Crippen molar-refractivity contribution in [3.63, 3.8) is 0 Å². The molecule has 5 rings (SSSR count). The van der Waals surface area contributed by atoms with Crippen LogP contribution in [0.1, 0.15) is 27.4 Å². The predicted octanol–water partition coefficient (Wildman–Crippen LogP) is 7.51. The number of carbonyl (C=O) groups is 2. The summed E-state index contributed by atoms with van der Waals surface area (Å²) in [7, 11) is 0. The molecular weight excluding hydrogens is 557 g/mol. The number of nitrogens with one attached hydrogen (secondary N) is 1. The minimum Gasteiger partial charge on any atom is -0.326 e. The molecule has 1 heterocycles. The van der Waals surface area contributed by atoms with Crippen LogP contribution in [0.3, 0.4) is 0 Å². The number of benzene rings is 3. The molecule has 10 heteroatoms. The van der Waals surface area contributed by atoms with E-state index >= 15 is 0 Å². The van der Waals surface area contributed by atoms with Crippen molar-refractivity contribution in [1.82, 2.24) is 0 Å². The van der Waals surface area contributed by atoms with Crippen LogP contribution in [0.5, 0.6) is 0 Å². The second-order valence-electron chi connectivity index (χ2n) is 8.50. The molecule has 2 aliphatic rings. The summed E-state index contributed by atoms with van der Waals surface area (Å²) >= 11 is 31.4. The van der Waals surface area contributed by atoms with Crippen molar-refractivity contribution in [1.29, 1.82) is 0 Å². The van der Waals surface area contributed by atoms with Crippen LogP contribution < -0.4 is 10.2 Å². The van der Waals surface area contributed by atoms with Gasteiger partial charge in [-0.05, 0) is 72.1 Å². The maximum Gasteiger partial charge on any atom is 0.259 e. The zero-order chi connectivity index (χ0) is 25.1. The Labute approximate surface area is 225 Å². The quantitative estimate of drug-likeness (QED) is 0.329. The first-order valence-electron chi connectivity index (χ1n) is 10.6. The van der Waals surface area contributed by atoms with Gasteiger partial charge in [-0.15, -0.1) is 23.2 Å². The van der Waals surface area contributed by atoms with E-state index in [1.54, 1.807) is 35.2 Å². The molecule has 0 bridgehead atoms. The summed E-state index contributed by atoms with van der Waals surface area (Å²) in [6, 6.07) is 13.8. The Hall–Kier alpha value is -2.02. The van der Waals surface area contributed by atoms with E-state index in [2.05, 4.69) is 5.32 Å². The minimum absolute atomic E-state index is 0.207. The van der Waals surface area contributed by atoms with Crippen LogP contribution >= 0.6 is 58.0 Å². The van der Waals surface area contributed by atoms with Crippen molar-refractivity contribution >= 4 is 81.2 Å². The molecule has 2 atom stereocenters. The van der Waals surface area contributed by atoms with Gasteiger partial charge in [0.05, 0.1) is 16.5 Å². The summed E-state index contributed by atoms with van der Waals surface area (Å²) in [4.78, 5) is 27.9. The van der Waals surface area contributed by atoms with Gasteiger partial charge in [-0.25, -0.2) is 4.39 Å².